The van der Waals surface area contributed by atoms with Gasteiger partial charge in [-0.15, -0.1) is 0 Å². The number of nitrogens with two attached hydrogens (primary N) is 1. The summed E-state index contributed by atoms with van der Waals surface area (Å²) in [6.45, 7) is 0.226. The zero-order valence-electron chi connectivity index (χ0n) is 11.2. The van der Waals surface area contributed by atoms with E-state index in [1.165, 1.54) is 12.1 Å². The van der Waals surface area contributed by atoms with Gasteiger partial charge in [-0.1, -0.05) is 17.7 Å². The summed E-state index contributed by atoms with van der Waals surface area (Å²) in [6.07, 6.45) is 0.796. The van der Waals surface area contributed by atoms with E-state index < -0.39 is 15.8 Å². The summed E-state index contributed by atoms with van der Waals surface area (Å²) < 4.78 is 35.2. The average Bonchev–Trinajstić information content (AvgIpc) is 3.13. The summed E-state index contributed by atoms with van der Waals surface area (Å²) in [5, 5.41) is 7.81. The Balaban J connectivity index is 1.84. The fraction of sp³-hybridized carbons (Fsp3) is 0.462. The van der Waals surface area contributed by atoms with Gasteiger partial charge in [0.25, 0.3) is 0 Å². The van der Waals surface area contributed by atoms with E-state index >= 15 is 0 Å². The average molecular weight is 335 g/mol. The molecule has 0 heterocycles. The van der Waals surface area contributed by atoms with Crippen molar-refractivity contribution in [2.75, 3.05) is 12.3 Å². The molecule has 0 saturated heterocycles. The molecule has 1 aromatic rings. The third-order valence-corrected chi connectivity index (χ3v) is 4.59. The lowest BCUT2D eigenvalue weighted by Gasteiger charge is -2.06. The summed E-state index contributed by atoms with van der Waals surface area (Å²) in [5.74, 6) is -1.32. The van der Waals surface area contributed by atoms with Crippen LogP contribution >= 0.6 is 11.6 Å². The number of primary sulfonamides is 1. The zero-order chi connectivity index (χ0) is 15.6. The van der Waals surface area contributed by atoms with E-state index in [0.29, 0.717) is 17.0 Å². The Labute approximate surface area is 127 Å². The zero-order valence-corrected chi connectivity index (χ0v) is 12.8. The van der Waals surface area contributed by atoms with Gasteiger partial charge in [0, 0.05) is 29.0 Å². The predicted octanol–water partition coefficient (Wildman–Crippen LogP) is 1.38. The molecular formula is C13H16ClFN2O3S. The number of amides is 1. The van der Waals surface area contributed by atoms with E-state index in [0.717, 1.165) is 0 Å². The molecule has 0 spiro atoms. The van der Waals surface area contributed by atoms with Crippen molar-refractivity contribution in [2.45, 2.75) is 18.8 Å². The molecule has 1 aromatic carbocycles. The minimum Gasteiger partial charge on any atom is -0.356 e. The minimum absolute atomic E-state index is 0.180. The minimum atomic E-state index is -3.51. The van der Waals surface area contributed by atoms with Crippen LogP contribution in [0.5, 0.6) is 0 Å². The quantitative estimate of drug-likeness (QED) is 0.770. The van der Waals surface area contributed by atoms with Gasteiger partial charge >= 0.3 is 0 Å². The molecule has 2 atom stereocenters. The van der Waals surface area contributed by atoms with E-state index in [4.69, 9.17) is 16.7 Å². The molecule has 1 fully saturated rings. The Morgan fingerprint density at radius 2 is 2.19 bits per heavy atom. The van der Waals surface area contributed by atoms with Crippen LogP contribution in [0.4, 0.5) is 4.39 Å². The summed E-state index contributed by atoms with van der Waals surface area (Å²) in [7, 11) is -3.51. The van der Waals surface area contributed by atoms with Crippen molar-refractivity contribution in [1.82, 2.24) is 5.32 Å². The molecule has 0 aromatic heterocycles. The van der Waals surface area contributed by atoms with Gasteiger partial charge in [0.15, 0.2) is 0 Å². The van der Waals surface area contributed by atoms with Crippen LogP contribution in [0.25, 0.3) is 0 Å². The number of sulfonamides is 1. The number of hydrogen-bond acceptors (Lipinski definition) is 3. The highest BCUT2D eigenvalue weighted by Crippen LogP contribution is 2.50. The number of carbonyl (C=O) groups excluding carboxylic acids is 1. The molecule has 5 nitrogen and oxygen atoms in total. The second kappa shape index (κ2) is 6.29. The van der Waals surface area contributed by atoms with E-state index in [1.54, 1.807) is 6.07 Å². The fourth-order valence-corrected chi connectivity index (χ4v) is 3.13. The lowest BCUT2D eigenvalue weighted by molar-refractivity contribution is -0.122. The van der Waals surface area contributed by atoms with Crippen LogP contribution in [0.1, 0.15) is 24.3 Å². The first-order chi connectivity index (χ1) is 9.79. The number of nitrogens with one attached hydrogen (secondary N) is 1. The lowest BCUT2D eigenvalue weighted by atomic mass is 10.1. The summed E-state index contributed by atoms with van der Waals surface area (Å²) in [5.41, 5.74) is 0.379. The van der Waals surface area contributed by atoms with E-state index in [1.807, 2.05) is 0 Å². The Morgan fingerprint density at radius 1 is 1.48 bits per heavy atom. The van der Waals surface area contributed by atoms with E-state index in [2.05, 4.69) is 5.32 Å². The molecule has 1 amide bonds. The molecule has 1 aliphatic rings. The molecule has 3 N–H and O–H groups in total. The normalized spacial score (nSPS) is 21.1. The topological polar surface area (TPSA) is 89.3 Å². The summed E-state index contributed by atoms with van der Waals surface area (Å²) in [4.78, 5) is 11.9. The van der Waals surface area contributed by atoms with E-state index in [-0.39, 0.29) is 36.5 Å². The smallest absolute Gasteiger partial charge is 0.223 e. The standard InChI is InChI=1S/C13H16ClFN2O3S/c14-10-3-1-4-11(15)12(10)8-7-9(8)13(18)17-5-2-6-21(16,19)20/h1,3-4,8-9H,2,5-7H2,(H,17,18)(H2,16,19,20)/t8-,9-/m1/s1. The van der Waals surface area contributed by atoms with Crippen molar-refractivity contribution in [3.05, 3.63) is 34.6 Å². The first-order valence-electron chi connectivity index (χ1n) is 6.51. The monoisotopic (exact) mass is 334 g/mol. The van der Waals surface area contributed by atoms with Crippen molar-refractivity contribution in [2.24, 2.45) is 11.1 Å². The molecule has 1 saturated carbocycles. The first kappa shape index (κ1) is 16.2. The van der Waals surface area contributed by atoms with Crippen molar-refractivity contribution in [3.8, 4) is 0 Å². The van der Waals surface area contributed by atoms with Crippen LogP contribution in [-0.4, -0.2) is 26.6 Å². The second-order valence-corrected chi connectivity index (χ2v) is 7.24. The first-order valence-corrected chi connectivity index (χ1v) is 8.61. The largest absolute Gasteiger partial charge is 0.356 e. The van der Waals surface area contributed by atoms with Gasteiger partial charge in [-0.3, -0.25) is 4.79 Å². The summed E-state index contributed by atoms with van der Waals surface area (Å²) in [6, 6.07) is 4.44. The van der Waals surface area contributed by atoms with Gasteiger partial charge in [-0.2, -0.15) is 0 Å². The number of carbonyl (C=O) groups is 1. The molecular weight excluding hydrogens is 319 g/mol. The van der Waals surface area contributed by atoms with Crippen LogP contribution in [0, 0.1) is 11.7 Å². The van der Waals surface area contributed by atoms with Crippen LogP contribution in [0.2, 0.25) is 5.02 Å². The van der Waals surface area contributed by atoms with Crippen LogP contribution in [0.3, 0.4) is 0 Å². The molecule has 0 radical (unpaired) electrons. The van der Waals surface area contributed by atoms with Gasteiger partial charge in [0.05, 0.1) is 5.75 Å². The van der Waals surface area contributed by atoms with Crippen LogP contribution in [0.15, 0.2) is 18.2 Å². The van der Waals surface area contributed by atoms with E-state index in [9.17, 15) is 17.6 Å². The second-order valence-electron chi connectivity index (χ2n) is 5.10. The van der Waals surface area contributed by atoms with Crippen LogP contribution in [-0.2, 0) is 14.8 Å². The summed E-state index contributed by atoms with van der Waals surface area (Å²) >= 11 is 5.96. The number of hydrogen-bond donors (Lipinski definition) is 2. The molecule has 21 heavy (non-hydrogen) atoms. The highest BCUT2D eigenvalue weighted by molar-refractivity contribution is 7.89. The molecule has 8 heteroatoms. The van der Waals surface area contributed by atoms with Gasteiger partial charge in [0.1, 0.15) is 5.82 Å². The predicted molar refractivity (Wildman–Crippen MR) is 77.9 cm³/mol. The molecule has 1 aliphatic carbocycles. The van der Waals surface area contributed by atoms with Gasteiger partial charge in [0.2, 0.25) is 15.9 Å². The maximum absolute atomic E-state index is 13.7. The third kappa shape index (κ3) is 4.39. The maximum Gasteiger partial charge on any atom is 0.223 e. The van der Waals surface area contributed by atoms with Gasteiger partial charge in [-0.25, -0.2) is 17.9 Å². The molecule has 0 aliphatic heterocycles. The van der Waals surface area contributed by atoms with Crippen molar-refractivity contribution < 1.29 is 17.6 Å². The van der Waals surface area contributed by atoms with Gasteiger partial charge < -0.3 is 5.32 Å². The number of rotatable bonds is 6. The molecule has 2 rings (SSSR count). The fourth-order valence-electron chi connectivity index (χ4n) is 2.28. The SMILES string of the molecule is NS(=O)(=O)CCCNC(=O)[C@@H]1C[C@H]1c1c(F)cccc1Cl. The van der Waals surface area contributed by atoms with Crippen LogP contribution < -0.4 is 10.5 Å². The highest BCUT2D eigenvalue weighted by Gasteiger charge is 2.46. The Hall–Kier alpha value is -1.18. The number of halogens is 2. The number of benzene rings is 1. The Kier molecular flexibility index (Phi) is 4.85. The van der Waals surface area contributed by atoms with Crippen molar-refractivity contribution in [1.29, 1.82) is 0 Å². The Bertz CT molecular complexity index is 631. The Morgan fingerprint density at radius 3 is 2.81 bits per heavy atom. The highest BCUT2D eigenvalue weighted by atomic mass is 35.5. The van der Waals surface area contributed by atoms with Crippen molar-refractivity contribution >= 4 is 27.5 Å². The molecule has 116 valence electrons. The van der Waals surface area contributed by atoms with Gasteiger partial charge in [-0.05, 0) is 25.0 Å². The van der Waals surface area contributed by atoms with Crippen molar-refractivity contribution in [3.63, 3.8) is 0 Å². The third-order valence-electron chi connectivity index (χ3n) is 3.40. The maximum atomic E-state index is 13.7. The molecule has 0 bridgehead atoms. The lowest BCUT2D eigenvalue weighted by Crippen LogP contribution is -2.28. The molecule has 0 unspecified atom stereocenters.